The van der Waals surface area contributed by atoms with E-state index in [1.54, 1.807) is 12.1 Å². The number of thioether (sulfide) groups is 1. The van der Waals surface area contributed by atoms with Crippen LogP contribution in [0.1, 0.15) is 11.1 Å². The largest absolute Gasteiger partial charge is 0.337 e. The van der Waals surface area contributed by atoms with E-state index in [0.717, 1.165) is 39.3 Å². The summed E-state index contributed by atoms with van der Waals surface area (Å²) in [6.45, 7) is 1.41. The summed E-state index contributed by atoms with van der Waals surface area (Å²) >= 11 is 2.97. The molecule has 30 heavy (non-hydrogen) atoms. The molecule has 0 aliphatic carbocycles. The van der Waals surface area contributed by atoms with Crippen LogP contribution in [-0.2, 0) is 17.8 Å². The van der Waals surface area contributed by atoms with Crippen molar-refractivity contribution in [2.24, 2.45) is 0 Å². The molecule has 0 saturated carbocycles. The molecule has 0 bridgehead atoms. The van der Waals surface area contributed by atoms with Crippen LogP contribution in [0.3, 0.4) is 0 Å². The maximum absolute atomic E-state index is 13.3. The number of aromatic nitrogens is 2. The van der Waals surface area contributed by atoms with Crippen LogP contribution >= 0.6 is 23.1 Å². The highest BCUT2D eigenvalue weighted by molar-refractivity contribution is 8.00. The fourth-order valence-electron chi connectivity index (χ4n) is 3.73. The zero-order valence-electron chi connectivity index (χ0n) is 16.0. The molecule has 0 N–H and O–H groups in total. The van der Waals surface area contributed by atoms with Crippen LogP contribution in [0.2, 0.25) is 0 Å². The van der Waals surface area contributed by atoms with Crippen molar-refractivity contribution in [2.45, 2.75) is 18.0 Å². The molecule has 0 radical (unpaired) electrons. The summed E-state index contributed by atoms with van der Waals surface area (Å²) in [5.41, 5.74) is 4.44. The Labute approximate surface area is 181 Å². The van der Waals surface area contributed by atoms with Gasteiger partial charge in [0.2, 0.25) is 5.91 Å². The number of hydrogen-bond donors (Lipinski definition) is 0. The minimum Gasteiger partial charge on any atom is -0.337 e. The number of benzene rings is 2. The Morgan fingerprint density at radius 1 is 1.10 bits per heavy atom. The summed E-state index contributed by atoms with van der Waals surface area (Å²) in [5.74, 6) is 0.171. The highest BCUT2D eigenvalue weighted by Crippen LogP contribution is 2.38. The molecule has 4 nitrogen and oxygen atoms in total. The summed E-state index contributed by atoms with van der Waals surface area (Å²) in [5, 5.41) is 3.72. The summed E-state index contributed by atoms with van der Waals surface area (Å²) in [6, 6.07) is 14.7. The lowest BCUT2D eigenvalue weighted by Crippen LogP contribution is -2.37. The number of rotatable bonds is 4. The number of nitrogens with zero attached hydrogens (tertiary/aromatic N) is 3. The van der Waals surface area contributed by atoms with Gasteiger partial charge < -0.3 is 4.90 Å². The Kier molecular flexibility index (Phi) is 5.23. The molecule has 0 fully saturated rings. The van der Waals surface area contributed by atoms with Crippen molar-refractivity contribution >= 4 is 39.2 Å². The average Bonchev–Trinajstić information content (AvgIpc) is 3.22. The fraction of sp³-hybridized carbons (Fsp3) is 0.174. The molecule has 0 saturated heterocycles. The van der Waals surface area contributed by atoms with Gasteiger partial charge in [0.25, 0.3) is 0 Å². The number of amides is 1. The van der Waals surface area contributed by atoms with Gasteiger partial charge in [0.1, 0.15) is 22.0 Å². The van der Waals surface area contributed by atoms with Gasteiger partial charge in [0.15, 0.2) is 0 Å². The number of thiophene rings is 1. The Morgan fingerprint density at radius 2 is 1.90 bits per heavy atom. The molecule has 0 unspecified atom stereocenters. The second kappa shape index (κ2) is 8.16. The first kappa shape index (κ1) is 19.2. The van der Waals surface area contributed by atoms with E-state index < -0.39 is 0 Å². The quantitative estimate of drug-likeness (QED) is 0.328. The first-order valence-corrected chi connectivity index (χ1v) is 11.5. The van der Waals surface area contributed by atoms with Crippen LogP contribution in [-0.4, -0.2) is 33.1 Å². The summed E-state index contributed by atoms with van der Waals surface area (Å²) in [4.78, 5) is 24.5. The van der Waals surface area contributed by atoms with Gasteiger partial charge in [-0.15, -0.1) is 11.3 Å². The molecule has 1 aliphatic rings. The Morgan fingerprint density at radius 3 is 2.73 bits per heavy atom. The number of hydrogen-bond acceptors (Lipinski definition) is 5. The van der Waals surface area contributed by atoms with Gasteiger partial charge in [0, 0.05) is 24.0 Å². The van der Waals surface area contributed by atoms with E-state index in [-0.39, 0.29) is 11.7 Å². The molecule has 2 aromatic carbocycles. The molecular weight excluding hydrogens is 417 g/mol. The number of fused-ring (bicyclic) bond motifs is 2. The molecule has 150 valence electrons. The Hall–Kier alpha value is -2.77. The number of halogens is 1. The van der Waals surface area contributed by atoms with E-state index in [1.807, 2.05) is 22.4 Å². The van der Waals surface area contributed by atoms with Crippen LogP contribution in [0, 0.1) is 5.82 Å². The zero-order chi connectivity index (χ0) is 20.5. The van der Waals surface area contributed by atoms with Crippen LogP contribution in [0.5, 0.6) is 0 Å². The monoisotopic (exact) mass is 435 g/mol. The lowest BCUT2D eigenvalue weighted by Gasteiger charge is -2.28. The van der Waals surface area contributed by atoms with Crippen LogP contribution in [0.15, 0.2) is 65.3 Å². The molecule has 5 rings (SSSR count). The molecule has 3 heterocycles. The zero-order valence-corrected chi connectivity index (χ0v) is 17.7. The lowest BCUT2D eigenvalue weighted by atomic mass is 10.00. The maximum atomic E-state index is 13.3. The second-order valence-corrected chi connectivity index (χ2v) is 8.96. The second-order valence-electron chi connectivity index (χ2n) is 7.14. The van der Waals surface area contributed by atoms with Crippen molar-refractivity contribution in [3.8, 4) is 11.1 Å². The third kappa shape index (κ3) is 3.70. The summed E-state index contributed by atoms with van der Waals surface area (Å²) < 4.78 is 13.3. The van der Waals surface area contributed by atoms with Gasteiger partial charge >= 0.3 is 0 Å². The van der Waals surface area contributed by atoms with Gasteiger partial charge in [-0.2, -0.15) is 0 Å². The van der Waals surface area contributed by atoms with Gasteiger partial charge in [-0.1, -0.05) is 48.2 Å². The Balaban J connectivity index is 1.36. The molecule has 4 aromatic rings. The molecule has 0 atom stereocenters. The highest BCUT2D eigenvalue weighted by Gasteiger charge is 2.21. The number of carbonyl (C=O) groups is 1. The van der Waals surface area contributed by atoms with E-state index in [4.69, 9.17) is 0 Å². The van der Waals surface area contributed by atoms with Crippen molar-refractivity contribution in [3.05, 3.63) is 77.2 Å². The van der Waals surface area contributed by atoms with Crippen molar-refractivity contribution < 1.29 is 9.18 Å². The topological polar surface area (TPSA) is 46.1 Å². The van der Waals surface area contributed by atoms with Crippen molar-refractivity contribution in [3.63, 3.8) is 0 Å². The van der Waals surface area contributed by atoms with Crippen LogP contribution < -0.4 is 0 Å². The van der Waals surface area contributed by atoms with E-state index in [2.05, 4.69) is 22.1 Å². The maximum Gasteiger partial charge on any atom is 0.233 e. The van der Waals surface area contributed by atoms with Gasteiger partial charge in [0.05, 0.1) is 11.1 Å². The molecular formula is C23H18FN3OS2. The van der Waals surface area contributed by atoms with Crippen molar-refractivity contribution in [1.82, 2.24) is 14.9 Å². The van der Waals surface area contributed by atoms with E-state index in [9.17, 15) is 9.18 Å². The van der Waals surface area contributed by atoms with E-state index >= 15 is 0 Å². The van der Waals surface area contributed by atoms with Crippen molar-refractivity contribution in [2.75, 3.05) is 12.3 Å². The fourth-order valence-corrected chi connectivity index (χ4v) is 5.62. The molecule has 7 heteroatoms. The van der Waals surface area contributed by atoms with Crippen LogP contribution in [0.4, 0.5) is 4.39 Å². The summed E-state index contributed by atoms with van der Waals surface area (Å²) in [6.07, 6.45) is 2.43. The van der Waals surface area contributed by atoms with Crippen LogP contribution in [0.25, 0.3) is 21.3 Å². The smallest absolute Gasteiger partial charge is 0.233 e. The lowest BCUT2D eigenvalue weighted by molar-refractivity contribution is -0.129. The SMILES string of the molecule is O=C(CSc1ncnc2scc(-c3ccc(F)cc3)c12)N1CCc2ccccc2C1. The van der Waals surface area contributed by atoms with Gasteiger partial charge in [-0.3, -0.25) is 4.79 Å². The third-order valence-corrected chi connectivity index (χ3v) is 7.17. The highest BCUT2D eigenvalue weighted by atomic mass is 32.2. The molecule has 2 aromatic heterocycles. The van der Waals surface area contributed by atoms with Crippen molar-refractivity contribution in [1.29, 1.82) is 0 Å². The van der Waals surface area contributed by atoms with Gasteiger partial charge in [-0.05, 0) is 35.2 Å². The average molecular weight is 436 g/mol. The summed E-state index contributed by atoms with van der Waals surface area (Å²) in [7, 11) is 0. The first-order valence-electron chi connectivity index (χ1n) is 9.64. The minimum absolute atomic E-state index is 0.111. The molecule has 1 aliphatic heterocycles. The predicted octanol–water partition coefficient (Wildman–Crippen LogP) is 5.17. The molecule has 0 spiro atoms. The normalized spacial score (nSPS) is 13.4. The Bertz CT molecular complexity index is 1220. The standard InChI is InChI=1S/C23H18FN3OS2/c24-18-7-5-16(6-8-18)19-12-29-22-21(19)23(26-14-25-22)30-13-20(28)27-10-9-15-3-1-2-4-17(15)11-27/h1-8,12,14H,9-11,13H2. The first-order chi connectivity index (χ1) is 14.7. The van der Waals surface area contributed by atoms with Gasteiger partial charge in [-0.25, -0.2) is 14.4 Å². The third-order valence-electron chi connectivity index (χ3n) is 5.31. The predicted molar refractivity (Wildman–Crippen MR) is 119 cm³/mol. The van der Waals surface area contributed by atoms with E-state index in [1.165, 1.54) is 52.7 Å². The molecule has 1 amide bonds. The minimum atomic E-state index is -0.266. The number of carbonyl (C=O) groups excluding carboxylic acids is 1. The van der Waals surface area contributed by atoms with E-state index in [0.29, 0.717) is 12.3 Å².